The monoisotopic (exact) mass is 280 g/mol. The first-order valence-corrected chi connectivity index (χ1v) is 7.73. The number of hydrogen-bond acceptors (Lipinski definition) is 1. The molecule has 3 atom stereocenters. The highest BCUT2D eigenvalue weighted by molar-refractivity contribution is 6.21. The highest BCUT2D eigenvalue weighted by atomic mass is 35.5. The SMILES string of the molecule is CCC1(C)C(Cl)CC1Oc1cc(C)ccc1C(C)C. The highest BCUT2D eigenvalue weighted by Crippen LogP contribution is 2.49. The summed E-state index contributed by atoms with van der Waals surface area (Å²) in [6.45, 7) is 11.0. The second-order valence-corrected chi connectivity index (χ2v) is 6.89. The summed E-state index contributed by atoms with van der Waals surface area (Å²) in [5.41, 5.74) is 2.65. The number of hydrogen-bond donors (Lipinski definition) is 0. The Hall–Kier alpha value is -0.690. The molecule has 0 spiro atoms. The van der Waals surface area contributed by atoms with Crippen LogP contribution < -0.4 is 4.74 Å². The normalized spacial score (nSPS) is 30.3. The van der Waals surface area contributed by atoms with Crippen molar-refractivity contribution < 1.29 is 4.74 Å². The van der Waals surface area contributed by atoms with Crippen molar-refractivity contribution in [2.45, 2.75) is 64.9 Å². The van der Waals surface area contributed by atoms with Gasteiger partial charge in [0.2, 0.25) is 0 Å². The average Bonchev–Trinajstić information content (AvgIpc) is 2.37. The van der Waals surface area contributed by atoms with Crippen molar-refractivity contribution in [3.8, 4) is 5.75 Å². The molecule has 0 aliphatic heterocycles. The molecular weight excluding hydrogens is 256 g/mol. The maximum atomic E-state index is 6.37. The minimum atomic E-state index is 0.111. The standard InChI is InChI=1S/C17H25ClO/c1-6-17(5)15(18)10-16(17)19-14-9-12(4)7-8-13(14)11(2)3/h7-9,11,15-16H,6,10H2,1-5H3. The molecule has 2 heteroatoms. The van der Waals surface area contributed by atoms with Crippen molar-refractivity contribution >= 4 is 11.6 Å². The van der Waals surface area contributed by atoms with E-state index >= 15 is 0 Å². The Morgan fingerprint density at radius 2 is 2.11 bits per heavy atom. The van der Waals surface area contributed by atoms with Gasteiger partial charge in [-0.2, -0.15) is 0 Å². The van der Waals surface area contributed by atoms with Crippen molar-refractivity contribution in [2.75, 3.05) is 0 Å². The highest BCUT2D eigenvalue weighted by Gasteiger charge is 2.51. The van der Waals surface area contributed by atoms with Crippen LogP contribution in [0.4, 0.5) is 0 Å². The molecule has 0 amide bonds. The molecule has 0 heterocycles. The van der Waals surface area contributed by atoms with E-state index in [1.807, 2.05) is 0 Å². The Morgan fingerprint density at radius 3 is 2.63 bits per heavy atom. The van der Waals surface area contributed by atoms with Crippen LogP contribution in [0.2, 0.25) is 0 Å². The van der Waals surface area contributed by atoms with Crippen LogP contribution in [0.1, 0.15) is 57.6 Å². The molecule has 1 fully saturated rings. The van der Waals surface area contributed by atoms with Crippen molar-refractivity contribution in [3.63, 3.8) is 0 Å². The first-order chi connectivity index (χ1) is 8.88. The number of halogens is 1. The smallest absolute Gasteiger partial charge is 0.123 e. The summed E-state index contributed by atoms with van der Waals surface area (Å²) in [6.07, 6.45) is 2.27. The van der Waals surface area contributed by atoms with Gasteiger partial charge >= 0.3 is 0 Å². The molecule has 0 aromatic heterocycles. The third kappa shape index (κ3) is 2.63. The lowest BCUT2D eigenvalue weighted by molar-refractivity contribution is -0.0301. The van der Waals surface area contributed by atoms with E-state index in [9.17, 15) is 0 Å². The van der Waals surface area contributed by atoms with E-state index < -0.39 is 0 Å². The van der Waals surface area contributed by atoms with Crippen molar-refractivity contribution in [3.05, 3.63) is 29.3 Å². The summed E-state index contributed by atoms with van der Waals surface area (Å²) in [5.74, 6) is 1.53. The lowest BCUT2D eigenvalue weighted by Gasteiger charge is -2.50. The van der Waals surface area contributed by atoms with E-state index in [1.54, 1.807) is 0 Å². The van der Waals surface area contributed by atoms with Gasteiger partial charge in [0.1, 0.15) is 11.9 Å². The lowest BCUT2D eigenvalue weighted by Crippen LogP contribution is -2.55. The van der Waals surface area contributed by atoms with Gasteiger partial charge in [0.15, 0.2) is 0 Å². The maximum absolute atomic E-state index is 6.37. The van der Waals surface area contributed by atoms with E-state index in [0.29, 0.717) is 5.92 Å². The fraction of sp³-hybridized carbons (Fsp3) is 0.647. The largest absolute Gasteiger partial charge is 0.489 e. The van der Waals surface area contributed by atoms with E-state index in [-0.39, 0.29) is 16.9 Å². The van der Waals surface area contributed by atoms with Crippen LogP contribution in [0.5, 0.6) is 5.75 Å². The first kappa shape index (κ1) is 14.7. The zero-order valence-corrected chi connectivity index (χ0v) is 13.4. The van der Waals surface area contributed by atoms with Crippen molar-refractivity contribution in [1.82, 2.24) is 0 Å². The van der Waals surface area contributed by atoms with Crippen molar-refractivity contribution in [1.29, 1.82) is 0 Å². The van der Waals surface area contributed by atoms with Gasteiger partial charge in [0, 0.05) is 17.2 Å². The van der Waals surface area contributed by atoms with Gasteiger partial charge in [-0.25, -0.2) is 0 Å². The number of benzene rings is 1. The topological polar surface area (TPSA) is 9.23 Å². The number of aryl methyl sites for hydroxylation is 1. The fourth-order valence-corrected chi connectivity index (χ4v) is 3.23. The molecule has 106 valence electrons. The number of rotatable bonds is 4. The Bertz CT molecular complexity index is 455. The molecule has 1 aromatic rings. The van der Waals surface area contributed by atoms with Crippen molar-refractivity contribution in [2.24, 2.45) is 5.41 Å². The summed E-state index contributed by atoms with van der Waals surface area (Å²) >= 11 is 6.37. The zero-order chi connectivity index (χ0) is 14.2. The zero-order valence-electron chi connectivity index (χ0n) is 12.7. The molecular formula is C17H25ClO. The molecule has 0 saturated heterocycles. The molecule has 1 aliphatic carbocycles. The minimum absolute atomic E-state index is 0.111. The van der Waals surface area contributed by atoms with Crippen LogP contribution in [0.25, 0.3) is 0 Å². The Morgan fingerprint density at radius 1 is 1.42 bits per heavy atom. The Kier molecular flexibility index (Phi) is 4.15. The molecule has 3 unspecified atom stereocenters. The minimum Gasteiger partial charge on any atom is -0.489 e. The van der Waals surface area contributed by atoms with E-state index in [4.69, 9.17) is 16.3 Å². The quantitative estimate of drug-likeness (QED) is 0.681. The fourth-order valence-electron chi connectivity index (χ4n) is 2.77. The van der Waals surface area contributed by atoms with Crippen LogP contribution in [0.15, 0.2) is 18.2 Å². The van der Waals surface area contributed by atoms with Gasteiger partial charge in [-0.05, 0) is 36.5 Å². The first-order valence-electron chi connectivity index (χ1n) is 7.29. The lowest BCUT2D eigenvalue weighted by atomic mass is 9.65. The summed E-state index contributed by atoms with van der Waals surface area (Å²) in [6, 6.07) is 6.51. The van der Waals surface area contributed by atoms with Gasteiger partial charge in [-0.1, -0.05) is 39.8 Å². The molecule has 0 N–H and O–H groups in total. The number of ether oxygens (including phenoxy) is 1. The van der Waals surface area contributed by atoms with E-state index in [1.165, 1.54) is 11.1 Å². The Balaban J connectivity index is 2.22. The van der Waals surface area contributed by atoms with Gasteiger partial charge in [0.05, 0.1) is 0 Å². The van der Waals surface area contributed by atoms with Gasteiger partial charge in [0.25, 0.3) is 0 Å². The molecule has 1 aliphatic rings. The molecule has 1 saturated carbocycles. The third-order valence-electron chi connectivity index (χ3n) is 4.69. The van der Waals surface area contributed by atoms with E-state index in [0.717, 1.165) is 18.6 Å². The van der Waals surface area contributed by atoms with Crippen LogP contribution in [0.3, 0.4) is 0 Å². The average molecular weight is 281 g/mol. The summed E-state index contributed by atoms with van der Waals surface area (Å²) < 4.78 is 6.32. The van der Waals surface area contributed by atoms with Gasteiger partial charge in [-0.3, -0.25) is 0 Å². The summed E-state index contributed by atoms with van der Waals surface area (Å²) in [5, 5.41) is 0.245. The van der Waals surface area contributed by atoms with Crippen LogP contribution in [-0.2, 0) is 0 Å². The number of alkyl halides is 1. The van der Waals surface area contributed by atoms with E-state index in [2.05, 4.69) is 52.8 Å². The predicted octanol–water partition coefficient (Wildman–Crippen LogP) is 5.29. The Labute approximate surface area is 122 Å². The molecule has 1 nitrogen and oxygen atoms in total. The molecule has 0 bridgehead atoms. The molecule has 1 aromatic carbocycles. The summed E-state index contributed by atoms with van der Waals surface area (Å²) in [7, 11) is 0. The predicted molar refractivity (Wildman–Crippen MR) is 82.3 cm³/mol. The van der Waals surface area contributed by atoms with Crippen LogP contribution in [0, 0.1) is 12.3 Å². The van der Waals surface area contributed by atoms with Gasteiger partial charge < -0.3 is 4.74 Å². The summed E-state index contributed by atoms with van der Waals surface area (Å²) in [4.78, 5) is 0. The second-order valence-electron chi connectivity index (χ2n) is 6.37. The molecule has 2 rings (SSSR count). The molecule has 0 radical (unpaired) electrons. The van der Waals surface area contributed by atoms with Crippen LogP contribution >= 0.6 is 11.6 Å². The molecule has 19 heavy (non-hydrogen) atoms. The van der Waals surface area contributed by atoms with Gasteiger partial charge in [-0.15, -0.1) is 11.6 Å². The third-order valence-corrected chi connectivity index (χ3v) is 5.37. The second kappa shape index (κ2) is 5.36. The maximum Gasteiger partial charge on any atom is 0.123 e. The van der Waals surface area contributed by atoms with Crippen LogP contribution in [-0.4, -0.2) is 11.5 Å².